The van der Waals surface area contributed by atoms with E-state index in [1.165, 1.54) is 29.0 Å². The van der Waals surface area contributed by atoms with E-state index in [2.05, 4.69) is 20.3 Å². The number of thioether (sulfide) groups is 1. The first-order valence-electron chi connectivity index (χ1n) is 9.77. The molecule has 2 N–H and O–H groups in total. The van der Waals surface area contributed by atoms with Gasteiger partial charge in [0.15, 0.2) is 0 Å². The van der Waals surface area contributed by atoms with Gasteiger partial charge in [0.05, 0.1) is 28.9 Å². The number of hydrogen-bond donors (Lipinski definition) is 2. The molecule has 1 aliphatic carbocycles. The molecule has 0 bridgehead atoms. The normalized spacial score (nSPS) is 12.9. The Morgan fingerprint density at radius 2 is 2.26 bits per heavy atom. The number of H-pyrrole nitrogens is 1. The lowest BCUT2D eigenvalue weighted by Gasteiger charge is -2.08. The molecule has 1 amide bonds. The van der Waals surface area contributed by atoms with Gasteiger partial charge in [-0.15, -0.1) is 23.1 Å². The lowest BCUT2D eigenvalue weighted by molar-refractivity contribution is -0.113. The number of aromatic amines is 1. The number of thiophene rings is 1. The standard InChI is InChI=1S/C21H18FN5O2S2/c22-14-8-12(4-5-15(14)27-7-6-23-11-27)24-18(28)10-30-9-17-25-20(29)19-13-2-1-3-16(13)31-21(19)26-17/h4-8,11H,1-3,9-10H2,(H,24,28)(H,25,26,29). The molecule has 3 aromatic heterocycles. The highest BCUT2D eigenvalue weighted by Gasteiger charge is 2.21. The zero-order chi connectivity index (χ0) is 21.4. The molecular formula is C21H18FN5O2S2. The molecule has 0 spiro atoms. The van der Waals surface area contributed by atoms with Gasteiger partial charge in [-0.1, -0.05) is 0 Å². The van der Waals surface area contributed by atoms with Crippen molar-refractivity contribution in [1.29, 1.82) is 0 Å². The van der Waals surface area contributed by atoms with Crippen LogP contribution in [0, 0.1) is 5.82 Å². The summed E-state index contributed by atoms with van der Waals surface area (Å²) in [5.74, 6) is 0.425. The number of carbonyl (C=O) groups is 1. The van der Waals surface area contributed by atoms with E-state index in [4.69, 9.17) is 0 Å². The van der Waals surface area contributed by atoms with Crippen LogP contribution in [0.25, 0.3) is 15.9 Å². The molecular weight excluding hydrogens is 437 g/mol. The Morgan fingerprint density at radius 1 is 1.35 bits per heavy atom. The van der Waals surface area contributed by atoms with Crippen molar-refractivity contribution in [2.24, 2.45) is 0 Å². The molecule has 3 heterocycles. The maximum atomic E-state index is 14.3. The molecule has 0 radical (unpaired) electrons. The molecule has 10 heteroatoms. The van der Waals surface area contributed by atoms with Gasteiger partial charge < -0.3 is 14.9 Å². The largest absolute Gasteiger partial charge is 0.325 e. The highest BCUT2D eigenvalue weighted by atomic mass is 32.2. The third-order valence-electron chi connectivity index (χ3n) is 5.11. The van der Waals surface area contributed by atoms with Crippen LogP contribution in [0.2, 0.25) is 0 Å². The molecule has 1 aromatic carbocycles. The zero-order valence-electron chi connectivity index (χ0n) is 16.4. The Hall–Kier alpha value is -2.98. The first-order chi connectivity index (χ1) is 15.1. The number of aromatic nitrogens is 4. The van der Waals surface area contributed by atoms with Crippen molar-refractivity contribution in [3.05, 3.63) is 69.4 Å². The van der Waals surface area contributed by atoms with E-state index >= 15 is 0 Å². The van der Waals surface area contributed by atoms with Crippen LogP contribution < -0.4 is 10.9 Å². The van der Waals surface area contributed by atoms with Crippen LogP contribution in [0.1, 0.15) is 22.7 Å². The second-order valence-electron chi connectivity index (χ2n) is 7.23. The predicted octanol–water partition coefficient (Wildman–Crippen LogP) is 3.67. The Kier molecular flexibility index (Phi) is 5.33. The summed E-state index contributed by atoms with van der Waals surface area (Å²) in [7, 11) is 0. The Morgan fingerprint density at radius 3 is 3.06 bits per heavy atom. The van der Waals surface area contributed by atoms with Gasteiger partial charge in [0.1, 0.15) is 16.5 Å². The van der Waals surface area contributed by atoms with E-state index < -0.39 is 5.82 Å². The smallest absolute Gasteiger partial charge is 0.259 e. The first kappa shape index (κ1) is 20.0. The summed E-state index contributed by atoms with van der Waals surface area (Å²) in [6.07, 6.45) is 7.78. The minimum absolute atomic E-state index is 0.0992. The molecule has 0 aliphatic heterocycles. The third-order valence-corrected chi connectivity index (χ3v) is 7.24. The van der Waals surface area contributed by atoms with Crippen LogP contribution in [-0.2, 0) is 23.4 Å². The monoisotopic (exact) mass is 455 g/mol. The van der Waals surface area contributed by atoms with Gasteiger partial charge in [-0.05, 0) is 43.0 Å². The lowest BCUT2D eigenvalue weighted by atomic mass is 10.2. The second-order valence-corrected chi connectivity index (χ2v) is 9.30. The summed E-state index contributed by atoms with van der Waals surface area (Å²) >= 11 is 2.94. The Labute approximate surface area is 184 Å². The number of halogens is 1. The number of rotatable bonds is 6. The van der Waals surface area contributed by atoms with Crippen LogP contribution in [0.3, 0.4) is 0 Å². The highest BCUT2D eigenvalue weighted by Crippen LogP contribution is 2.34. The van der Waals surface area contributed by atoms with Crippen molar-refractivity contribution >= 4 is 44.9 Å². The van der Waals surface area contributed by atoms with Crippen LogP contribution in [0.5, 0.6) is 0 Å². The minimum Gasteiger partial charge on any atom is -0.325 e. The number of imidazole rings is 1. The van der Waals surface area contributed by atoms with Crippen molar-refractivity contribution in [2.75, 3.05) is 11.1 Å². The molecule has 0 atom stereocenters. The van der Waals surface area contributed by atoms with Crippen LogP contribution in [-0.4, -0.2) is 31.2 Å². The van der Waals surface area contributed by atoms with E-state index in [-0.39, 0.29) is 17.2 Å². The molecule has 5 rings (SSSR count). The molecule has 158 valence electrons. The summed E-state index contributed by atoms with van der Waals surface area (Å²) in [5.41, 5.74) is 1.79. The maximum absolute atomic E-state index is 14.3. The second kappa shape index (κ2) is 8.27. The average molecular weight is 456 g/mol. The van der Waals surface area contributed by atoms with Crippen LogP contribution in [0.15, 0.2) is 41.7 Å². The molecule has 0 fully saturated rings. The Balaban J connectivity index is 1.20. The number of nitrogens with zero attached hydrogens (tertiary/aromatic N) is 3. The molecule has 0 saturated heterocycles. The van der Waals surface area contributed by atoms with Gasteiger partial charge in [-0.2, -0.15) is 0 Å². The van der Waals surface area contributed by atoms with Gasteiger partial charge in [0, 0.05) is 23.0 Å². The zero-order valence-corrected chi connectivity index (χ0v) is 18.0. The average Bonchev–Trinajstić information content (AvgIpc) is 3.45. The van der Waals surface area contributed by atoms with Gasteiger partial charge >= 0.3 is 0 Å². The van der Waals surface area contributed by atoms with Crippen molar-refractivity contribution in [2.45, 2.75) is 25.0 Å². The number of nitrogens with one attached hydrogen (secondary N) is 2. The minimum atomic E-state index is -0.457. The highest BCUT2D eigenvalue weighted by molar-refractivity contribution is 7.99. The van der Waals surface area contributed by atoms with E-state index in [9.17, 15) is 14.0 Å². The van der Waals surface area contributed by atoms with E-state index in [1.54, 1.807) is 40.4 Å². The number of amides is 1. The van der Waals surface area contributed by atoms with Gasteiger partial charge in [-0.3, -0.25) is 9.59 Å². The van der Waals surface area contributed by atoms with Gasteiger partial charge in [0.25, 0.3) is 5.56 Å². The number of hydrogen-bond acceptors (Lipinski definition) is 6. The van der Waals surface area contributed by atoms with Gasteiger partial charge in [0.2, 0.25) is 5.91 Å². The summed E-state index contributed by atoms with van der Waals surface area (Å²) in [5, 5.41) is 3.42. The van der Waals surface area contributed by atoms with E-state index in [1.807, 2.05) is 0 Å². The number of benzene rings is 1. The molecule has 4 aromatic rings. The molecule has 1 aliphatic rings. The van der Waals surface area contributed by atoms with Crippen molar-refractivity contribution in [3.63, 3.8) is 0 Å². The molecule has 31 heavy (non-hydrogen) atoms. The van der Waals surface area contributed by atoms with Crippen molar-refractivity contribution < 1.29 is 9.18 Å². The number of carbonyl (C=O) groups excluding carboxylic acids is 1. The quantitative estimate of drug-likeness (QED) is 0.463. The van der Waals surface area contributed by atoms with E-state index in [0.717, 1.165) is 35.0 Å². The predicted molar refractivity (Wildman–Crippen MR) is 121 cm³/mol. The van der Waals surface area contributed by atoms with Gasteiger partial charge in [-0.25, -0.2) is 14.4 Å². The summed E-state index contributed by atoms with van der Waals surface area (Å²) in [6.45, 7) is 0. The summed E-state index contributed by atoms with van der Waals surface area (Å²) in [6, 6.07) is 4.51. The number of anilines is 1. The fourth-order valence-corrected chi connectivity index (χ4v) is 5.72. The van der Waals surface area contributed by atoms with Crippen molar-refractivity contribution in [3.8, 4) is 5.69 Å². The fraction of sp³-hybridized carbons (Fsp3) is 0.238. The molecule has 0 unspecified atom stereocenters. The van der Waals surface area contributed by atoms with E-state index in [0.29, 0.717) is 23.0 Å². The summed E-state index contributed by atoms with van der Waals surface area (Å²) in [4.78, 5) is 38.1. The fourth-order valence-electron chi connectivity index (χ4n) is 3.75. The Bertz CT molecular complexity index is 1330. The SMILES string of the molecule is O=C(CSCc1nc2sc3c(c2c(=O)[nH]1)CCC3)Nc1ccc(-n2ccnc2)c(F)c1. The molecule has 7 nitrogen and oxygen atoms in total. The lowest BCUT2D eigenvalue weighted by Crippen LogP contribution is -2.15. The van der Waals surface area contributed by atoms with Crippen LogP contribution >= 0.6 is 23.1 Å². The third kappa shape index (κ3) is 4.00. The number of fused-ring (bicyclic) bond motifs is 3. The summed E-state index contributed by atoms with van der Waals surface area (Å²) < 4.78 is 15.9. The molecule has 0 saturated carbocycles. The van der Waals surface area contributed by atoms with Crippen molar-refractivity contribution in [1.82, 2.24) is 19.5 Å². The topological polar surface area (TPSA) is 92.7 Å². The number of aryl methyl sites for hydroxylation is 2. The van der Waals surface area contributed by atoms with Crippen LogP contribution in [0.4, 0.5) is 10.1 Å². The maximum Gasteiger partial charge on any atom is 0.259 e. The first-order valence-corrected chi connectivity index (χ1v) is 11.7.